The Bertz CT molecular complexity index is 836. The molecule has 118 valence electrons. The molecule has 1 N–H and O–H groups in total. The topological polar surface area (TPSA) is 73.0 Å². The van der Waals surface area contributed by atoms with E-state index in [-0.39, 0.29) is 11.7 Å². The van der Waals surface area contributed by atoms with Gasteiger partial charge in [-0.1, -0.05) is 40.1 Å². The fourth-order valence-electron chi connectivity index (χ4n) is 2.16. The summed E-state index contributed by atoms with van der Waals surface area (Å²) in [7, 11) is 1.85. The first kappa shape index (κ1) is 15.5. The molecule has 0 fully saturated rings. The van der Waals surface area contributed by atoms with E-state index in [1.54, 1.807) is 12.3 Å². The summed E-state index contributed by atoms with van der Waals surface area (Å²) in [5.74, 6) is 0.255. The maximum Gasteiger partial charge on any atom is 0.296 e. The predicted octanol–water partition coefficient (Wildman–Crippen LogP) is 3.65. The second-order valence-electron chi connectivity index (χ2n) is 5.02. The number of nitrogens with zero attached hydrogens (tertiary/aromatic N) is 3. The molecule has 0 unspecified atom stereocenters. The van der Waals surface area contributed by atoms with Crippen molar-refractivity contribution in [3.05, 3.63) is 52.5 Å². The zero-order valence-corrected chi connectivity index (χ0v) is 14.3. The largest absolute Gasteiger partial charge is 0.351 e. The van der Waals surface area contributed by atoms with Crippen LogP contribution >= 0.6 is 15.9 Å². The summed E-state index contributed by atoms with van der Waals surface area (Å²) < 4.78 is 7.86. The van der Waals surface area contributed by atoms with Gasteiger partial charge in [-0.3, -0.25) is 10.1 Å². The van der Waals surface area contributed by atoms with Gasteiger partial charge in [-0.05, 0) is 24.1 Å². The lowest BCUT2D eigenvalue weighted by Crippen LogP contribution is -2.14. The maximum atomic E-state index is 12.2. The number of aromatic nitrogens is 3. The van der Waals surface area contributed by atoms with Crippen molar-refractivity contribution >= 4 is 27.8 Å². The lowest BCUT2D eigenvalue weighted by atomic mass is 10.2. The van der Waals surface area contributed by atoms with Gasteiger partial charge in [0.05, 0.1) is 17.6 Å². The van der Waals surface area contributed by atoms with Crippen molar-refractivity contribution in [1.82, 2.24) is 14.7 Å². The Kier molecular flexibility index (Phi) is 4.29. The van der Waals surface area contributed by atoms with Crippen LogP contribution in [0.15, 0.2) is 45.5 Å². The Labute approximate surface area is 141 Å². The van der Waals surface area contributed by atoms with Gasteiger partial charge >= 0.3 is 0 Å². The molecule has 3 rings (SSSR count). The Morgan fingerprint density at radius 3 is 2.74 bits per heavy atom. The summed E-state index contributed by atoms with van der Waals surface area (Å²) in [5, 5.41) is 6.55. The minimum atomic E-state index is -0.367. The molecule has 0 saturated carbocycles. The van der Waals surface area contributed by atoms with Gasteiger partial charge < -0.3 is 9.09 Å². The molecular weight excluding hydrogens is 360 g/mol. The number of imidazole rings is 1. The van der Waals surface area contributed by atoms with Gasteiger partial charge in [0, 0.05) is 17.6 Å². The minimum Gasteiger partial charge on any atom is -0.351 e. The molecule has 7 heteroatoms. The van der Waals surface area contributed by atoms with Crippen molar-refractivity contribution in [2.75, 3.05) is 5.32 Å². The average molecular weight is 375 g/mol. The second-order valence-corrected chi connectivity index (χ2v) is 5.94. The van der Waals surface area contributed by atoms with Crippen LogP contribution in [0.3, 0.4) is 0 Å². The van der Waals surface area contributed by atoms with Crippen molar-refractivity contribution in [1.29, 1.82) is 0 Å². The van der Waals surface area contributed by atoms with E-state index in [9.17, 15) is 4.79 Å². The van der Waals surface area contributed by atoms with Crippen LogP contribution in [-0.2, 0) is 13.5 Å². The lowest BCUT2D eigenvalue weighted by Gasteiger charge is -2.06. The second kappa shape index (κ2) is 6.37. The highest BCUT2D eigenvalue weighted by Crippen LogP contribution is 2.24. The molecule has 1 aromatic carbocycles. The van der Waals surface area contributed by atoms with Gasteiger partial charge in [-0.2, -0.15) is 0 Å². The smallest absolute Gasteiger partial charge is 0.296 e. The zero-order valence-electron chi connectivity index (χ0n) is 12.7. The third-order valence-electron chi connectivity index (χ3n) is 3.50. The Morgan fingerprint density at radius 2 is 2.09 bits per heavy atom. The van der Waals surface area contributed by atoms with E-state index in [0.29, 0.717) is 12.4 Å². The number of benzene rings is 1. The molecular formula is C16H15BrN4O2. The molecule has 2 aromatic heterocycles. The summed E-state index contributed by atoms with van der Waals surface area (Å²) in [6.07, 6.45) is 2.43. The van der Waals surface area contributed by atoms with Crippen LogP contribution in [0.1, 0.15) is 23.2 Å². The van der Waals surface area contributed by atoms with E-state index in [1.165, 1.54) is 0 Å². The molecule has 6 nitrogen and oxygen atoms in total. The summed E-state index contributed by atoms with van der Waals surface area (Å²) in [5.41, 5.74) is 2.65. The van der Waals surface area contributed by atoms with E-state index in [0.717, 1.165) is 21.4 Å². The maximum absolute atomic E-state index is 12.2. The van der Waals surface area contributed by atoms with E-state index in [4.69, 9.17) is 4.52 Å². The molecule has 0 bridgehead atoms. The van der Waals surface area contributed by atoms with Crippen LogP contribution < -0.4 is 5.32 Å². The highest BCUT2D eigenvalue weighted by atomic mass is 79.9. The van der Waals surface area contributed by atoms with Crippen LogP contribution in [0, 0.1) is 0 Å². The van der Waals surface area contributed by atoms with E-state index in [1.807, 2.05) is 42.8 Å². The van der Waals surface area contributed by atoms with Gasteiger partial charge in [-0.25, -0.2) is 4.98 Å². The number of rotatable bonds is 4. The van der Waals surface area contributed by atoms with E-state index >= 15 is 0 Å². The molecule has 3 aromatic rings. The molecule has 0 aliphatic carbocycles. The molecule has 0 saturated heterocycles. The van der Waals surface area contributed by atoms with Crippen LogP contribution in [0.5, 0.6) is 0 Å². The van der Waals surface area contributed by atoms with Gasteiger partial charge in [0.2, 0.25) is 11.7 Å². The molecule has 0 atom stereocenters. The normalized spacial score (nSPS) is 10.7. The molecule has 2 heterocycles. The van der Waals surface area contributed by atoms with Crippen molar-refractivity contribution in [3.63, 3.8) is 0 Å². The lowest BCUT2D eigenvalue weighted by molar-refractivity contribution is 0.0986. The highest BCUT2D eigenvalue weighted by Gasteiger charge is 2.16. The van der Waals surface area contributed by atoms with Crippen LogP contribution in [-0.4, -0.2) is 20.6 Å². The first-order valence-electron chi connectivity index (χ1n) is 7.13. The fourth-order valence-corrected chi connectivity index (χ4v) is 2.43. The summed E-state index contributed by atoms with van der Waals surface area (Å²) in [6.45, 7) is 1.95. The molecule has 23 heavy (non-hydrogen) atoms. The number of aryl methyl sites for hydroxylation is 1. The van der Waals surface area contributed by atoms with Gasteiger partial charge in [0.1, 0.15) is 0 Å². The molecule has 1 amide bonds. The third kappa shape index (κ3) is 3.19. The monoisotopic (exact) mass is 374 g/mol. The minimum absolute atomic E-state index is 0.176. The number of carbonyl (C=O) groups excluding carboxylic acids is 1. The zero-order chi connectivity index (χ0) is 16.4. The van der Waals surface area contributed by atoms with Crippen molar-refractivity contribution < 1.29 is 9.32 Å². The SMILES string of the molecule is CCc1cc(C(=O)Nc2ncc(-c3ccc(Br)cc3)n2C)on1. The van der Waals surface area contributed by atoms with Crippen molar-refractivity contribution in [3.8, 4) is 11.3 Å². The number of anilines is 1. The molecule has 0 radical (unpaired) electrons. The highest BCUT2D eigenvalue weighted by molar-refractivity contribution is 9.10. The van der Waals surface area contributed by atoms with Crippen LogP contribution in [0.25, 0.3) is 11.3 Å². The number of nitrogens with one attached hydrogen (secondary N) is 1. The number of carbonyl (C=O) groups is 1. The van der Waals surface area contributed by atoms with Crippen LogP contribution in [0.2, 0.25) is 0 Å². The van der Waals surface area contributed by atoms with E-state index < -0.39 is 0 Å². The predicted molar refractivity (Wildman–Crippen MR) is 90.2 cm³/mol. The van der Waals surface area contributed by atoms with E-state index in [2.05, 4.69) is 31.4 Å². The summed E-state index contributed by atoms with van der Waals surface area (Å²) in [4.78, 5) is 16.4. The van der Waals surface area contributed by atoms with Crippen LogP contribution in [0.4, 0.5) is 5.95 Å². The average Bonchev–Trinajstić information content (AvgIpc) is 3.16. The van der Waals surface area contributed by atoms with Crippen molar-refractivity contribution in [2.24, 2.45) is 7.05 Å². The number of halogens is 1. The molecule has 0 aliphatic rings. The number of hydrogen-bond donors (Lipinski definition) is 1. The summed E-state index contributed by atoms with van der Waals surface area (Å²) in [6, 6.07) is 9.52. The Hall–Kier alpha value is -2.41. The Morgan fingerprint density at radius 1 is 1.35 bits per heavy atom. The van der Waals surface area contributed by atoms with Gasteiger partial charge in [0.25, 0.3) is 5.91 Å². The number of amides is 1. The Balaban J connectivity index is 1.81. The number of hydrogen-bond acceptors (Lipinski definition) is 4. The molecule has 0 spiro atoms. The molecule has 0 aliphatic heterocycles. The van der Waals surface area contributed by atoms with Gasteiger partial charge in [0.15, 0.2) is 0 Å². The third-order valence-corrected chi connectivity index (χ3v) is 4.03. The van der Waals surface area contributed by atoms with Gasteiger partial charge in [-0.15, -0.1) is 0 Å². The van der Waals surface area contributed by atoms with Crippen molar-refractivity contribution in [2.45, 2.75) is 13.3 Å². The standard InChI is InChI=1S/C16H15BrN4O2/c1-3-12-8-14(23-20-12)15(22)19-16-18-9-13(21(16)2)10-4-6-11(17)7-5-10/h4-9H,3H2,1-2H3,(H,18,19,22). The fraction of sp³-hybridized carbons (Fsp3) is 0.188. The summed E-state index contributed by atoms with van der Waals surface area (Å²) >= 11 is 3.41. The quantitative estimate of drug-likeness (QED) is 0.756. The first-order valence-corrected chi connectivity index (χ1v) is 7.92. The first-order chi connectivity index (χ1) is 11.1.